The number of aryl methyl sites for hydroxylation is 2. The molecular formula is C12H17N3O4. The minimum absolute atomic E-state index is 0.0399. The van der Waals surface area contributed by atoms with Crippen molar-refractivity contribution in [2.24, 2.45) is 0 Å². The number of aliphatic carboxylic acids is 1. The van der Waals surface area contributed by atoms with Crippen LogP contribution in [0.3, 0.4) is 0 Å². The molecule has 2 rings (SSSR count). The van der Waals surface area contributed by atoms with E-state index < -0.39 is 12.0 Å². The molecular weight excluding hydrogens is 250 g/mol. The molecule has 1 amide bonds. The molecule has 19 heavy (non-hydrogen) atoms. The number of hydrogen-bond donors (Lipinski definition) is 1. The van der Waals surface area contributed by atoms with Crippen molar-refractivity contribution in [3.05, 3.63) is 17.5 Å². The van der Waals surface area contributed by atoms with Gasteiger partial charge in [0.15, 0.2) is 6.04 Å². The van der Waals surface area contributed by atoms with E-state index in [-0.39, 0.29) is 19.1 Å². The van der Waals surface area contributed by atoms with E-state index in [0.717, 1.165) is 11.4 Å². The first-order valence-corrected chi connectivity index (χ1v) is 6.10. The number of morpholine rings is 1. The maximum Gasteiger partial charge on any atom is 0.328 e. The molecule has 0 aromatic carbocycles. The monoisotopic (exact) mass is 267 g/mol. The van der Waals surface area contributed by atoms with Gasteiger partial charge in [0.05, 0.1) is 18.9 Å². The maximum atomic E-state index is 12.2. The lowest BCUT2D eigenvalue weighted by Gasteiger charge is -2.32. The maximum absolute atomic E-state index is 12.2. The lowest BCUT2D eigenvalue weighted by atomic mass is 10.2. The highest BCUT2D eigenvalue weighted by atomic mass is 16.5. The molecule has 2 heterocycles. The summed E-state index contributed by atoms with van der Waals surface area (Å²) in [6, 6.07) is 0.972. The summed E-state index contributed by atoms with van der Waals surface area (Å²) in [5.41, 5.74) is 1.72. The zero-order valence-corrected chi connectivity index (χ0v) is 11.0. The van der Waals surface area contributed by atoms with Crippen molar-refractivity contribution >= 4 is 11.9 Å². The van der Waals surface area contributed by atoms with Crippen LogP contribution in [0.2, 0.25) is 0 Å². The molecule has 7 nitrogen and oxygen atoms in total. The van der Waals surface area contributed by atoms with Gasteiger partial charge in [-0.15, -0.1) is 0 Å². The van der Waals surface area contributed by atoms with Crippen molar-refractivity contribution in [1.82, 2.24) is 14.7 Å². The van der Waals surface area contributed by atoms with Crippen LogP contribution in [-0.4, -0.2) is 57.5 Å². The number of carboxylic acids is 1. The molecule has 0 unspecified atom stereocenters. The number of hydrogen-bond acceptors (Lipinski definition) is 4. The molecule has 0 aliphatic carbocycles. The van der Waals surface area contributed by atoms with Gasteiger partial charge in [-0.05, 0) is 19.9 Å². The quantitative estimate of drug-likeness (QED) is 0.820. The predicted octanol–water partition coefficient (Wildman–Crippen LogP) is -0.188. The molecule has 1 N–H and O–H groups in total. The molecule has 1 aromatic heterocycles. The van der Waals surface area contributed by atoms with Gasteiger partial charge in [-0.3, -0.25) is 9.48 Å². The van der Waals surface area contributed by atoms with Gasteiger partial charge in [0.2, 0.25) is 5.91 Å². The molecule has 0 spiro atoms. The van der Waals surface area contributed by atoms with Gasteiger partial charge in [-0.25, -0.2) is 4.79 Å². The summed E-state index contributed by atoms with van der Waals surface area (Å²) in [5, 5.41) is 13.3. The molecule has 1 aliphatic rings. The van der Waals surface area contributed by atoms with Crippen molar-refractivity contribution in [1.29, 1.82) is 0 Å². The van der Waals surface area contributed by atoms with Gasteiger partial charge >= 0.3 is 5.97 Å². The standard InChI is InChI=1S/C12H17N3O4/c1-8-5-9(2)15(13-8)6-11(16)14-3-4-19-7-10(14)12(17)18/h5,10H,3-4,6-7H2,1-2H3,(H,17,18)/t10-/m1/s1. The third-order valence-electron chi connectivity index (χ3n) is 3.12. The van der Waals surface area contributed by atoms with Crippen LogP contribution in [0.1, 0.15) is 11.4 Å². The van der Waals surface area contributed by atoms with E-state index in [1.54, 1.807) is 4.68 Å². The highest BCUT2D eigenvalue weighted by Crippen LogP contribution is 2.10. The SMILES string of the molecule is Cc1cc(C)n(CC(=O)N2CCOC[C@@H]2C(=O)O)n1. The molecule has 7 heteroatoms. The van der Waals surface area contributed by atoms with Crippen LogP contribution in [0.15, 0.2) is 6.07 Å². The number of carbonyl (C=O) groups excluding carboxylic acids is 1. The molecule has 1 aromatic rings. The van der Waals surface area contributed by atoms with Crippen molar-refractivity contribution in [2.45, 2.75) is 26.4 Å². The van der Waals surface area contributed by atoms with E-state index in [1.807, 2.05) is 19.9 Å². The van der Waals surface area contributed by atoms with Gasteiger partial charge in [-0.1, -0.05) is 0 Å². The van der Waals surface area contributed by atoms with Crippen LogP contribution >= 0.6 is 0 Å². The Balaban J connectivity index is 2.09. The molecule has 0 saturated carbocycles. The Morgan fingerprint density at radius 3 is 2.84 bits per heavy atom. The first-order chi connectivity index (χ1) is 8.99. The third kappa shape index (κ3) is 2.93. The Morgan fingerprint density at radius 1 is 1.53 bits per heavy atom. The smallest absolute Gasteiger partial charge is 0.328 e. The second kappa shape index (κ2) is 5.40. The number of amides is 1. The number of nitrogens with zero attached hydrogens (tertiary/aromatic N) is 3. The number of carboxylic acid groups (broad SMARTS) is 1. The topological polar surface area (TPSA) is 84.7 Å². The second-order valence-electron chi connectivity index (χ2n) is 4.60. The summed E-state index contributed by atoms with van der Waals surface area (Å²) in [5.74, 6) is -1.29. The van der Waals surface area contributed by atoms with Crippen LogP contribution < -0.4 is 0 Å². The minimum atomic E-state index is -1.04. The van der Waals surface area contributed by atoms with E-state index in [4.69, 9.17) is 9.84 Å². The fourth-order valence-corrected chi connectivity index (χ4v) is 2.16. The third-order valence-corrected chi connectivity index (χ3v) is 3.12. The Kier molecular flexibility index (Phi) is 3.84. The van der Waals surface area contributed by atoms with Crippen LogP contribution in [0.25, 0.3) is 0 Å². The highest BCUT2D eigenvalue weighted by Gasteiger charge is 2.32. The first-order valence-electron chi connectivity index (χ1n) is 6.10. The van der Waals surface area contributed by atoms with Crippen molar-refractivity contribution in [3.8, 4) is 0 Å². The molecule has 1 saturated heterocycles. The average molecular weight is 267 g/mol. The Labute approximate surface area is 110 Å². The van der Waals surface area contributed by atoms with Crippen LogP contribution in [0.4, 0.5) is 0 Å². The molecule has 0 radical (unpaired) electrons. The van der Waals surface area contributed by atoms with Crippen molar-refractivity contribution in [2.75, 3.05) is 19.8 Å². The van der Waals surface area contributed by atoms with Gasteiger partial charge in [0.25, 0.3) is 0 Å². The van der Waals surface area contributed by atoms with Crippen LogP contribution in [0.5, 0.6) is 0 Å². The van der Waals surface area contributed by atoms with Gasteiger partial charge in [-0.2, -0.15) is 5.10 Å². The Hall–Kier alpha value is -1.89. The summed E-state index contributed by atoms with van der Waals surface area (Å²) in [4.78, 5) is 24.6. The van der Waals surface area contributed by atoms with E-state index in [1.165, 1.54) is 4.90 Å². The largest absolute Gasteiger partial charge is 0.480 e. The number of aromatic nitrogens is 2. The number of carbonyl (C=O) groups is 2. The van der Waals surface area contributed by atoms with Crippen molar-refractivity contribution < 1.29 is 19.4 Å². The highest BCUT2D eigenvalue weighted by molar-refractivity contribution is 5.83. The van der Waals surface area contributed by atoms with E-state index in [9.17, 15) is 9.59 Å². The van der Waals surface area contributed by atoms with Gasteiger partial charge < -0.3 is 14.7 Å². The summed E-state index contributed by atoms with van der Waals surface area (Å²) in [6.07, 6.45) is 0. The minimum Gasteiger partial charge on any atom is -0.480 e. The Bertz CT molecular complexity index is 497. The summed E-state index contributed by atoms with van der Waals surface area (Å²) < 4.78 is 6.69. The summed E-state index contributed by atoms with van der Waals surface area (Å²) >= 11 is 0. The molecule has 1 fully saturated rings. The van der Waals surface area contributed by atoms with Crippen LogP contribution in [0, 0.1) is 13.8 Å². The van der Waals surface area contributed by atoms with Gasteiger partial charge in [0, 0.05) is 12.2 Å². The number of ether oxygens (including phenoxy) is 1. The fraction of sp³-hybridized carbons (Fsp3) is 0.583. The summed E-state index contributed by atoms with van der Waals surface area (Å²) in [6.45, 7) is 4.48. The average Bonchev–Trinajstić information content (AvgIpc) is 2.67. The van der Waals surface area contributed by atoms with E-state index in [2.05, 4.69) is 5.10 Å². The molecule has 104 valence electrons. The zero-order valence-electron chi connectivity index (χ0n) is 11.0. The second-order valence-corrected chi connectivity index (χ2v) is 4.60. The van der Waals surface area contributed by atoms with E-state index in [0.29, 0.717) is 13.2 Å². The zero-order chi connectivity index (χ0) is 14.0. The lowest BCUT2D eigenvalue weighted by molar-refractivity contribution is -0.158. The van der Waals surface area contributed by atoms with Crippen molar-refractivity contribution in [3.63, 3.8) is 0 Å². The predicted molar refractivity (Wildman–Crippen MR) is 65.7 cm³/mol. The lowest BCUT2D eigenvalue weighted by Crippen LogP contribution is -2.53. The normalized spacial score (nSPS) is 19.5. The summed E-state index contributed by atoms with van der Waals surface area (Å²) in [7, 11) is 0. The van der Waals surface area contributed by atoms with Gasteiger partial charge in [0.1, 0.15) is 6.54 Å². The van der Waals surface area contributed by atoms with Crippen LogP contribution in [-0.2, 0) is 20.9 Å². The molecule has 1 aliphatic heterocycles. The molecule has 1 atom stereocenters. The Morgan fingerprint density at radius 2 is 2.26 bits per heavy atom. The molecule has 0 bridgehead atoms. The fourth-order valence-electron chi connectivity index (χ4n) is 2.16. The number of rotatable bonds is 3. The first kappa shape index (κ1) is 13.5. The van der Waals surface area contributed by atoms with E-state index >= 15 is 0 Å².